The van der Waals surface area contributed by atoms with Gasteiger partial charge in [-0.05, 0) is 37.0 Å². The van der Waals surface area contributed by atoms with E-state index in [1.165, 1.54) is 18.3 Å². The number of halogens is 4. The van der Waals surface area contributed by atoms with Crippen molar-refractivity contribution in [2.45, 2.75) is 19.0 Å². The molecule has 3 heterocycles. The standard InChI is InChI=1S/C17H18ClF3N4O/c18-13-9-23-15(22)7-11(13)14-2-1-12(17(19,20)21)16(25-14)24-8-10-3-5-26-6-4-10/h1-2,7,9-10H,3-6,8H2,(H2,22,23)(H,24,25). The molecule has 0 spiro atoms. The molecule has 1 saturated heterocycles. The minimum absolute atomic E-state index is 0.211. The second-order valence-electron chi connectivity index (χ2n) is 6.12. The molecule has 0 saturated carbocycles. The first-order chi connectivity index (χ1) is 12.3. The highest BCUT2D eigenvalue weighted by Gasteiger charge is 2.35. The number of hydrogen-bond acceptors (Lipinski definition) is 5. The van der Waals surface area contributed by atoms with Crippen LogP contribution in [0.3, 0.4) is 0 Å². The average Bonchev–Trinajstić information content (AvgIpc) is 2.62. The molecule has 0 bridgehead atoms. The number of ether oxygens (including phenoxy) is 1. The van der Waals surface area contributed by atoms with Crippen molar-refractivity contribution < 1.29 is 17.9 Å². The molecule has 0 unspecified atom stereocenters. The van der Waals surface area contributed by atoms with Gasteiger partial charge in [0.05, 0.1) is 16.3 Å². The Labute approximate surface area is 153 Å². The van der Waals surface area contributed by atoms with Crippen molar-refractivity contribution in [3.63, 3.8) is 0 Å². The number of anilines is 2. The predicted octanol–water partition coefficient (Wildman–Crippen LogP) is 4.24. The molecule has 26 heavy (non-hydrogen) atoms. The molecular formula is C17H18ClF3N4O. The summed E-state index contributed by atoms with van der Waals surface area (Å²) >= 11 is 6.10. The molecule has 0 radical (unpaired) electrons. The summed E-state index contributed by atoms with van der Waals surface area (Å²) in [5.74, 6) is 0.242. The van der Waals surface area contributed by atoms with Crippen LogP contribution < -0.4 is 11.1 Å². The van der Waals surface area contributed by atoms with Crippen molar-refractivity contribution in [2.24, 2.45) is 5.92 Å². The van der Waals surface area contributed by atoms with E-state index < -0.39 is 11.7 Å². The van der Waals surface area contributed by atoms with Crippen LogP contribution in [-0.4, -0.2) is 29.7 Å². The molecule has 0 aliphatic carbocycles. The van der Waals surface area contributed by atoms with E-state index in [2.05, 4.69) is 15.3 Å². The molecular weight excluding hydrogens is 369 g/mol. The third-order valence-corrected chi connectivity index (χ3v) is 4.55. The fraction of sp³-hybridized carbons (Fsp3) is 0.412. The summed E-state index contributed by atoms with van der Waals surface area (Å²) in [6.07, 6.45) is -1.55. The lowest BCUT2D eigenvalue weighted by atomic mass is 10.0. The Balaban J connectivity index is 1.92. The quantitative estimate of drug-likeness (QED) is 0.822. The van der Waals surface area contributed by atoms with Crippen LogP contribution in [0.2, 0.25) is 5.02 Å². The lowest BCUT2D eigenvalue weighted by Crippen LogP contribution is -2.24. The Bertz CT molecular complexity index is 779. The number of rotatable bonds is 4. The first kappa shape index (κ1) is 18.7. The van der Waals surface area contributed by atoms with Crippen LogP contribution in [0.25, 0.3) is 11.3 Å². The molecule has 2 aromatic rings. The van der Waals surface area contributed by atoms with Gasteiger partial charge in [-0.15, -0.1) is 0 Å². The molecule has 3 rings (SSSR count). The van der Waals surface area contributed by atoms with Gasteiger partial charge in [-0.3, -0.25) is 0 Å². The van der Waals surface area contributed by atoms with E-state index in [-0.39, 0.29) is 22.6 Å². The van der Waals surface area contributed by atoms with Gasteiger partial charge in [-0.25, -0.2) is 9.97 Å². The lowest BCUT2D eigenvalue weighted by molar-refractivity contribution is -0.137. The van der Waals surface area contributed by atoms with Gasteiger partial charge in [0.15, 0.2) is 0 Å². The molecule has 140 valence electrons. The molecule has 0 aromatic carbocycles. The number of hydrogen-bond donors (Lipinski definition) is 2. The van der Waals surface area contributed by atoms with Crippen molar-refractivity contribution in [1.29, 1.82) is 0 Å². The summed E-state index contributed by atoms with van der Waals surface area (Å²) in [6, 6.07) is 3.77. The maximum absolute atomic E-state index is 13.3. The Hall–Kier alpha value is -2.06. The molecule has 9 heteroatoms. The van der Waals surface area contributed by atoms with Gasteiger partial charge in [0, 0.05) is 31.5 Å². The van der Waals surface area contributed by atoms with E-state index in [9.17, 15) is 13.2 Å². The summed E-state index contributed by atoms with van der Waals surface area (Å²) in [6.45, 7) is 1.64. The third-order valence-electron chi connectivity index (χ3n) is 4.25. The van der Waals surface area contributed by atoms with Crippen molar-refractivity contribution in [2.75, 3.05) is 30.8 Å². The fourth-order valence-electron chi connectivity index (χ4n) is 2.82. The molecule has 1 aliphatic heterocycles. The Morgan fingerprint density at radius 1 is 1.27 bits per heavy atom. The molecule has 1 aliphatic rings. The van der Waals surface area contributed by atoms with Gasteiger partial charge < -0.3 is 15.8 Å². The Kier molecular flexibility index (Phi) is 5.52. The zero-order valence-electron chi connectivity index (χ0n) is 13.8. The molecule has 0 amide bonds. The van der Waals surface area contributed by atoms with Crippen LogP contribution in [0.15, 0.2) is 24.4 Å². The fourth-order valence-corrected chi connectivity index (χ4v) is 3.02. The van der Waals surface area contributed by atoms with E-state index in [0.29, 0.717) is 31.0 Å². The van der Waals surface area contributed by atoms with E-state index in [1.807, 2.05) is 0 Å². The number of nitrogens with two attached hydrogens (primary N) is 1. The first-order valence-corrected chi connectivity index (χ1v) is 8.53. The minimum atomic E-state index is -4.51. The SMILES string of the molecule is Nc1cc(-c2ccc(C(F)(F)F)c(NCC3CCOCC3)n2)c(Cl)cn1. The van der Waals surface area contributed by atoms with Crippen LogP contribution in [0.4, 0.5) is 24.8 Å². The third kappa shape index (κ3) is 4.37. The smallest absolute Gasteiger partial charge is 0.384 e. The van der Waals surface area contributed by atoms with Crippen LogP contribution in [0, 0.1) is 5.92 Å². The summed E-state index contributed by atoms with van der Waals surface area (Å²) in [4.78, 5) is 8.02. The minimum Gasteiger partial charge on any atom is -0.384 e. The Morgan fingerprint density at radius 3 is 2.69 bits per heavy atom. The zero-order chi connectivity index (χ0) is 18.7. The molecule has 3 N–H and O–H groups in total. The number of nitrogen functional groups attached to an aromatic ring is 1. The van der Waals surface area contributed by atoms with E-state index in [0.717, 1.165) is 18.9 Å². The van der Waals surface area contributed by atoms with Crippen molar-refractivity contribution in [1.82, 2.24) is 9.97 Å². The van der Waals surface area contributed by atoms with E-state index in [4.69, 9.17) is 22.1 Å². The van der Waals surface area contributed by atoms with Gasteiger partial charge in [-0.1, -0.05) is 11.6 Å². The topological polar surface area (TPSA) is 73.1 Å². The van der Waals surface area contributed by atoms with Gasteiger partial charge >= 0.3 is 6.18 Å². The van der Waals surface area contributed by atoms with E-state index in [1.54, 1.807) is 0 Å². The molecule has 2 aromatic heterocycles. The molecule has 0 atom stereocenters. The first-order valence-electron chi connectivity index (χ1n) is 8.16. The van der Waals surface area contributed by atoms with Crippen molar-refractivity contribution in [3.05, 3.63) is 35.0 Å². The summed E-state index contributed by atoms with van der Waals surface area (Å²) in [5, 5.41) is 3.12. The maximum atomic E-state index is 13.3. The highest BCUT2D eigenvalue weighted by atomic mass is 35.5. The normalized spacial score (nSPS) is 15.8. The summed E-state index contributed by atoms with van der Waals surface area (Å²) in [5.41, 5.74) is 5.57. The number of nitrogens with zero attached hydrogens (tertiary/aromatic N) is 2. The van der Waals surface area contributed by atoms with Crippen LogP contribution >= 0.6 is 11.6 Å². The number of aromatic nitrogens is 2. The largest absolute Gasteiger partial charge is 0.419 e. The number of nitrogens with one attached hydrogen (secondary N) is 1. The van der Waals surface area contributed by atoms with Crippen LogP contribution in [0.1, 0.15) is 18.4 Å². The lowest BCUT2D eigenvalue weighted by Gasteiger charge is -2.23. The van der Waals surface area contributed by atoms with E-state index >= 15 is 0 Å². The van der Waals surface area contributed by atoms with Crippen LogP contribution in [-0.2, 0) is 10.9 Å². The van der Waals surface area contributed by atoms with Gasteiger partial charge in [0.1, 0.15) is 11.6 Å². The molecule has 1 fully saturated rings. The highest BCUT2D eigenvalue weighted by molar-refractivity contribution is 6.33. The van der Waals surface area contributed by atoms with Gasteiger partial charge in [-0.2, -0.15) is 13.2 Å². The summed E-state index contributed by atoms with van der Waals surface area (Å²) in [7, 11) is 0. The summed E-state index contributed by atoms with van der Waals surface area (Å²) < 4.78 is 45.3. The second-order valence-corrected chi connectivity index (χ2v) is 6.52. The average molecular weight is 387 g/mol. The highest BCUT2D eigenvalue weighted by Crippen LogP contribution is 2.37. The van der Waals surface area contributed by atoms with Gasteiger partial charge in [0.25, 0.3) is 0 Å². The number of alkyl halides is 3. The monoisotopic (exact) mass is 386 g/mol. The van der Waals surface area contributed by atoms with Gasteiger partial charge in [0.2, 0.25) is 0 Å². The van der Waals surface area contributed by atoms with Crippen LogP contribution in [0.5, 0.6) is 0 Å². The maximum Gasteiger partial charge on any atom is 0.419 e. The Morgan fingerprint density at radius 2 is 2.00 bits per heavy atom. The van der Waals surface area contributed by atoms with Crippen molar-refractivity contribution >= 4 is 23.2 Å². The predicted molar refractivity (Wildman–Crippen MR) is 93.9 cm³/mol. The number of pyridine rings is 2. The van der Waals surface area contributed by atoms with Crippen molar-refractivity contribution in [3.8, 4) is 11.3 Å². The zero-order valence-corrected chi connectivity index (χ0v) is 14.6. The second kappa shape index (κ2) is 7.67. The molecule has 5 nitrogen and oxygen atoms in total.